The Balaban J connectivity index is 0.711. The molecule has 0 aliphatic carbocycles. The van der Waals surface area contributed by atoms with E-state index in [1.54, 1.807) is 19.2 Å². The Labute approximate surface area is 750 Å². The summed E-state index contributed by atoms with van der Waals surface area (Å²) in [5, 5.41) is 0. The third kappa shape index (κ3) is 26.6. The van der Waals surface area contributed by atoms with Crippen LogP contribution in [0.15, 0.2) is 386 Å². The van der Waals surface area contributed by atoms with Crippen LogP contribution in [0.5, 0.6) is 80.5 Å². The van der Waals surface area contributed by atoms with Crippen LogP contribution in [0.4, 0.5) is 0 Å². The van der Waals surface area contributed by atoms with Crippen LogP contribution >= 0.6 is 0 Å². The van der Waals surface area contributed by atoms with E-state index in [1.165, 1.54) is 11.6 Å². The van der Waals surface area contributed by atoms with Gasteiger partial charge in [0.15, 0.2) is 0 Å². The Kier molecular flexibility index (Phi) is 29.7. The number of rotatable bonds is 44. The van der Waals surface area contributed by atoms with Crippen molar-refractivity contribution in [2.75, 3.05) is 0 Å². The minimum Gasteiger partial charge on any atom is -0.489 e. The largest absolute Gasteiger partial charge is 0.489 e. The highest BCUT2D eigenvalue weighted by Gasteiger charge is 2.18. The van der Waals surface area contributed by atoms with Gasteiger partial charge in [0, 0.05) is 61.3 Å². The molecule has 16 rings (SSSR count). The van der Waals surface area contributed by atoms with Crippen molar-refractivity contribution < 1.29 is 66.3 Å². The predicted octanol–water partition coefficient (Wildman–Crippen LogP) is 23.0. The summed E-state index contributed by atoms with van der Waals surface area (Å²) in [6.07, 6.45) is 1.57. The lowest BCUT2D eigenvalue weighted by atomic mass is 10.1. The fraction of sp³-hybridized carbons (Fsp3) is 0.153. The number of ether oxygens (including phenoxy) is 14. The van der Waals surface area contributed by atoms with Gasteiger partial charge in [-0.2, -0.15) is 0 Å². The van der Waals surface area contributed by atoms with Crippen molar-refractivity contribution in [2.24, 2.45) is 7.05 Å². The van der Waals surface area contributed by atoms with Gasteiger partial charge in [-0.1, -0.05) is 243 Å². The molecule has 0 aliphatic rings. The maximum Gasteiger partial charge on any atom is 0.331 e. The van der Waals surface area contributed by atoms with Crippen LogP contribution in [-0.2, 0) is 106 Å². The molecule has 0 amide bonds. The highest BCUT2D eigenvalue weighted by molar-refractivity contribution is 5.47. The van der Waals surface area contributed by atoms with E-state index in [2.05, 4.69) is 0 Å². The summed E-state index contributed by atoms with van der Waals surface area (Å²) in [7, 11) is 1.47. The zero-order valence-electron chi connectivity index (χ0n) is 71.8. The Morgan fingerprint density at radius 3 is 0.481 bits per heavy atom. The van der Waals surface area contributed by atoms with Crippen LogP contribution in [0.1, 0.15) is 89.0 Å². The second-order valence-corrected chi connectivity index (χ2v) is 31.2. The Morgan fingerprint density at radius 1 is 0.186 bits per heavy atom. The summed E-state index contributed by atoms with van der Waals surface area (Å²) < 4.78 is 95.2. The molecule has 0 radical (unpaired) electrons. The molecule has 129 heavy (non-hydrogen) atoms. The molecule has 1 heterocycles. The normalized spacial score (nSPS) is 10.9. The quantitative estimate of drug-likeness (QED) is 0.0352. The van der Waals surface area contributed by atoms with Gasteiger partial charge in [-0.05, 0) is 175 Å². The molecule has 0 saturated heterocycles. The van der Waals surface area contributed by atoms with E-state index in [9.17, 15) is 9.59 Å². The molecule has 18 heteroatoms. The van der Waals surface area contributed by atoms with Crippen LogP contribution in [0.3, 0.4) is 0 Å². The third-order valence-corrected chi connectivity index (χ3v) is 20.9. The second-order valence-electron chi connectivity index (χ2n) is 31.2. The van der Waals surface area contributed by atoms with E-state index >= 15 is 0 Å². The summed E-state index contributed by atoms with van der Waals surface area (Å²) >= 11 is 0. The van der Waals surface area contributed by atoms with Crippen LogP contribution in [0, 0.1) is 6.92 Å². The van der Waals surface area contributed by atoms with Gasteiger partial charge in [-0.25, -0.2) is 4.79 Å². The van der Waals surface area contributed by atoms with Gasteiger partial charge in [0.1, 0.15) is 173 Å². The fourth-order valence-electron chi connectivity index (χ4n) is 14.3. The molecule has 0 atom stereocenters. The maximum absolute atomic E-state index is 14.0. The first kappa shape index (κ1) is 86.7. The first-order chi connectivity index (χ1) is 63.4. The SMILES string of the molecule is Cc1cn(Cc2cc(OCc3cc(OCc4cc(OCc5ccccc5)cc(OCc5ccccc5)c4)cc(OCc4cc(OCc5ccccc5)cc(OCc5ccccc5)c4)c3)cc(OCc3cc(OCc4cc(OCc5ccccc5)cc(OCc5ccccc5)c4)cc(OCc4cc(OCc5ccccc5)cc(OCc5ccccc5)c4)c3)c2)c(=O)n(C)c1=O. The molecule has 648 valence electrons. The van der Waals surface area contributed by atoms with Crippen LogP contribution < -0.4 is 77.6 Å². The zero-order chi connectivity index (χ0) is 88.0. The van der Waals surface area contributed by atoms with Crippen LogP contribution in [-0.4, -0.2) is 9.13 Å². The van der Waals surface area contributed by atoms with Gasteiger partial charge >= 0.3 is 5.69 Å². The van der Waals surface area contributed by atoms with Gasteiger partial charge in [-0.15, -0.1) is 0 Å². The van der Waals surface area contributed by atoms with E-state index in [1.807, 2.05) is 364 Å². The van der Waals surface area contributed by atoms with Crippen molar-refractivity contribution in [1.82, 2.24) is 9.13 Å². The minimum atomic E-state index is -0.498. The summed E-state index contributed by atoms with van der Waals surface area (Å²) in [5.74, 6) is 7.61. The maximum atomic E-state index is 14.0. The third-order valence-electron chi connectivity index (χ3n) is 20.9. The van der Waals surface area contributed by atoms with Crippen molar-refractivity contribution in [3.63, 3.8) is 0 Å². The number of aryl methyl sites for hydroxylation is 1. The first-order valence-electron chi connectivity index (χ1n) is 42.8. The number of aromatic nitrogens is 2. The summed E-state index contributed by atoms with van der Waals surface area (Å²) in [5.41, 5.74) is 12.8. The average Bonchev–Trinajstić information content (AvgIpc) is 0.769. The van der Waals surface area contributed by atoms with Crippen LogP contribution in [0.25, 0.3) is 0 Å². The lowest BCUT2D eigenvalue weighted by Crippen LogP contribution is -2.38. The van der Waals surface area contributed by atoms with Crippen molar-refractivity contribution in [3.05, 3.63) is 486 Å². The number of nitrogens with zero attached hydrogens (tertiary/aromatic N) is 2. The van der Waals surface area contributed by atoms with Gasteiger partial charge < -0.3 is 66.3 Å². The summed E-state index contributed by atoms with van der Waals surface area (Å²) in [6, 6.07) is 120. The molecule has 0 bridgehead atoms. The molecule has 0 aliphatic heterocycles. The minimum absolute atomic E-state index is 0.00140. The van der Waals surface area contributed by atoms with Gasteiger partial charge in [0.2, 0.25) is 0 Å². The topological polar surface area (TPSA) is 173 Å². The molecule has 0 spiro atoms. The highest BCUT2D eigenvalue weighted by Crippen LogP contribution is 2.36. The van der Waals surface area contributed by atoms with Crippen molar-refractivity contribution in [3.8, 4) is 80.5 Å². The molecule has 1 aromatic heterocycles. The Hall–Kier alpha value is -15.8. The Morgan fingerprint density at radius 2 is 0.326 bits per heavy atom. The number of hydrogen-bond donors (Lipinski definition) is 0. The number of hydrogen-bond acceptors (Lipinski definition) is 16. The molecular weight excluding hydrogens is 1620 g/mol. The average molecular weight is 1720 g/mol. The van der Waals surface area contributed by atoms with Crippen molar-refractivity contribution in [2.45, 2.75) is 106 Å². The number of benzene rings is 15. The molecular formula is C111H98N2O16. The first-order valence-corrected chi connectivity index (χ1v) is 42.8. The fourth-order valence-corrected chi connectivity index (χ4v) is 14.3. The van der Waals surface area contributed by atoms with Crippen molar-refractivity contribution in [1.29, 1.82) is 0 Å². The molecule has 0 fully saturated rings. The molecule has 15 aromatic carbocycles. The monoisotopic (exact) mass is 1710 g/mol. The molecule has 0 unspecified atom stereocenters. The van der Waals surface area contributed by atoms with E-state index in [-0.39, 0.29) is 46.2 Å². The lowest BCUT2D eigenvalue weighted by Gasteiger charge is -2.17. The standard InChI is InChI=1S/C111H98N2O16/c1-80-64-113(111(115)112(2)110(80)114)65-89-43-96(124-74-94-53-106(126-76-90-45-98(116-66-81-27-11-3-12-28-81)58-99(46-90)117-67-82-29-13-4-14-30-82)62-107(54-94)127-77-91-47-100(118-68-83-31-15-5-16-32-83)59-101(48-91)119-69-84-33-17-6-18-34-84)57-97(44-89)125-75-95-55-108(128-78-92-49-102(120-70-85-35-19-7-20-36-85)60-103(50-92)121-71-86-37-21-8-22-38-86)63-109(56-95)129-79-93-51-104(122-72-87-39-23-9-24-40-87)61-105(52-93)123-73-88-41-25-10-26-42-88/h3-64H,65-79H2,1-2H3. The molecule has 16 aromatic rings. The van der Waals surface area contributed by atoms with Crippen LogP contribution in [0.2, 0.25) is 0 Å². The van der Waals surface area contributed by atoms with E-state index in [0.717, 1.165) is 71.3 Å². The van der Waals surface area contributed by atoms with Gasteiger partial charge in [-0.3, -0.25) is 13.9 Å². The molecule has 0 N–H and O–H groups in total. The van der Waals surface area contributed by atoms with E-state index in [0.29, 0.717) is 156 Å². The van der Waals surface area contributed by atoms with Crippen molar-refractivity contribution >= 4 is 0 Å². The predicted molar refractivity (Wildman–Crippen MR) is 497 cm³/mol. The smallest absolute Gasteiger partial charge is 0.331 e. The lowest BCUT2D eigenvalue weighted by molar-refractivity contribution is 0.270. The molecule has 0 saturated carbocycles. The van der Waals surface area contributed by atoms with E-state index in [4.69, 9.17) is 66.3 Å². The zero-order valence-corrected chi connectivity index (χ0v) is 71.8. The second kappa shape index (κ2) is 44.2. The molecule has 18 nitrogen and oxygen atoms in total. The highest BCUT2D eigenvalue weighted by atomic mass is 16.5. The van der Waals surface area contributed by atoms with Gasteiger partial charge in [0.05, 0.1) is 6.54 Å². The summed E-state index contributed by atoms with van der Waals surface area (Å²) in [6.45, 7) is 4.91. The summed E-state index contributed by atoms with van der Waals surface area (Å²) in [4.78, 5) is 27.2. The van der Waals surface area contributed by atoms with E-state index < -0.39 is 11.2 Å². The van der Waals surface area contributed by atoms with Gasteiger partial charge in [0.25, 0.3) is 5.56 Å². The Bertz CT molecular complexity index is 5520.